The second-order valence-corrected chi connectivity index (χ2v) is 5.33. The van der Waals surface area contributed by atoms with E-state index in [-0.39, 0.29) is 0 Å². The van der Waals surface area contributed by atoms with Crippen LogP contribution < -0.4 is 0 Å². The average Bonchev–Trinajstić information content (AvgIpc) is 1.62. The van der Waals surface area contributed by atoms with Crippen molar-refractivity contribution in [2.24, 2.45) is 0 Å². The maximum Gasteiger partial charge on any atom is 0.112 e. The lowest BCUT2D eigenvalue weighted by Crippen LogP contribution is -2.57. The minimum Gasteiger partial charge on any atom is -0.392 e. The van der Waals surface area contributed by atoms with Gasteiger partial charge in [-0.05, 0) is 20.8 Å². The van der Waals surface area contributed by atoms with Gasteiger partial charge in [0.05, 0.1) is 11.3 Å². The molecular formula is C6H16O3Si. The van der Waals surface area contributed by atoms with Crippen molar-refractivity contribution in [3.8, 4) is 0 Å². The molecule has 3 N–H and O–H groups in total. The van der Waals surface area contributed by atoms with Crippen molar-refractivity contribution in [2.45, 2.75) is 37.7 Å². The Morgan fingerprint density at radius 1 is 1.30 bits per heavy atom. The molecule has 62 valence electrons. The molecule has 0 aliphatic rings. The Balaban J connectivity index is 4.40. The van der Waals surface area contributed by atoms with Gasteiger partial charge in [-0.3, -0.25) is 0 Å². The number of hydrogen-bond donors (Lipinski definition) is 3. The molecule has 0 saturated heterocycles. The second-order valence-electron chi connectivity index (χ2n) is 3.38. The molecule has 0 radical (unpaired) electrons. The normalized spacial score (nSPS) is 27.0. The molecule has 0 rings (SSSR count). The summed E-state index contributed by atoms with van der Waals surface area (Å²) < 4.78 is 0. The summed E-state index contributed by atoms with van der Waals surface area (Å²) in [6.07, 6.45) is -0.903. The van der Waals surface area contributed by atoms with Crippen LogP contribution in [0.2, 0.25) is 0 Å². The summed E-state index contributed by atoms with van der Waals surface area (Å²) in [6, 6.07) is 0. The molecule has 0 spiro atoms. The van der Waals surface area contributed by atoms with Crippen LogP contribution in [0.25, 0.3) is 0 Å². The van der Waals surface area contributed by atoms with Crippen molar-refractivity contribution in [2.75, 3.05) is 0 Å². The summed E-state index contributed by atoms with van der Waals surface area (Å²) in [4.78, 5) is 0. The fourth-order valence-corrected chi connectivity index (χ4v) is 0.929. The molecule has 0 aromatic rings. The van der Waals surface area contributed by atoms with E-state index in [4.69, 9.17) is 5.11 Å². The van der Waals surface area contributed by atoms with Crippen LogP contribution >= 0.6 is 0 Å². The zero-order valence-corrected chi connectivity index (χ0v) is 8.92. The molecule has 3 atom stereocenters. The summed E-state index contributed by atoms with van der Waals surface area (Å²) in [5, 5.41) is 26.7. The van der Waals surface area contributed by atoms with E-state index in [1.807, 2.05) is 0 Å². The van der Waals surface area contributed by atoms with Gasteiger partial charge >= 0.3 is 0 Å². The minimum absolute atomic E-state index is 0.430. The first-order valence-corrected chi connectivity index (χ1v) is 4.32. The first-order chi connectivity index (χ1) is 4.19. The molecule has 0 fully saturated rings. The predicted molar refractivity (Wildman–Crippen MR) is 42.9 cm³/mol. The molecule has 0 amide bonds. The van der Waals surface area contributed by atoms with Gasteiger partial charge in [-0.2, -0.15) is 0 Å². The molecule has 4 heteroatoms. The predicted octanol–water partition coefficient (Wildman–Crippen LogP) is -1.81. The molecule has 0 bridgehead atoms. The fourth-order valence-electron chi connectivity index (χ4n) is 0.511. The molecule has 3 nitrogen and oxygen atoms in total. The molecular weight excluding hydrogens is 148 g/mol. The molecule has 10 heavy (non-hydrogen) atoms. The van der Waals surface area contributed by atoms with Gasteiger partial charge < -0.3 is 15.3 Å². The maximum absolute atomic E-state index is 9.46. The molecule has 0 saturated carbocycles. The van der Waals surface area contributed by atoms with E-state index in [0.717, 1.165) is 0 Å². The van der Waals surface area contributed by atoms with E-state index in [1.54, 1.807) is 0 Å². The van der Waals surface area contributed by atoms with E-state index in [1.165, 1.54) is 20.8 Å². The van der Waals surface area contributed by atoms with Crippen LogP contribution in [0.4, 0.5) is 0 Å². The Hall–Kier alpha value is 0.0969. The molecule has 0 aromatic heterocycles. The fraction of sp³-hybridized carbons (Fsp3) is 1.00. The van der Waals surface area contributed by atoms with Gasteiger partial charge in [-0.25, -0.2) is 0 Å². The van der Waals surface area contributed by atoms with Gasteiger partial charge in [0.2, 0.25) is 0 Å². The lowest BCUT2D eigenvalue weighted by Gasteiger charge is -2.38. The zero-order chi connectivity index (χ0) is 8.58. The van der Waals surface area contributed by atoms with Crippen LogP contribution in [0, 0.1) is 0 Å². The molecule has 0 aliphatic carbocycles. The van der Waals surface area contributed by atoms with Crippen molar-refractivity contribution in [1.29, 1.82) is 0 Å². The molecule has 0 aliphatic heterocycles. The van der Waals surface area contributed by atoms with Crippen molar-refractivity contribution < 1.29 is 15.3 Å². The average molecular weight is 164 g/mol. The van der Waals surface area contributed by atoms with Gasteiger partial charge in [-0.15, -0.1) is 0 Å². The van der Waals surface area contributed by atoms with Crippen LogP contribution in [-0.4, -0.2) is 42.5 Å². The van der Waals surface area contributed by atoms with Crippen molar-refractivity contribution in [3.05, 3.63) is 0 Å². The van der Waals surface area contributed by atoms with Crippen LogP contribution in [0.1, 0.15) is 20.8 Å². The summed E-state index contributed by atoms with van der Waals surface area (Å²) in [5.74, 6) is 0. The first kappa shape index (κ1) is 10.1. The third kappa shape index (κ3) is 1.79. The molecule has 0 heterocycles. The van der Waals surface area contributed by atoms with Crippen LogP contribution in [-0.2, 0) is 0 Å². The lowest BCUT2D eigenvalue weighted by atomic mass is 9.94. The van der Waals surface area contributed by atoms with Crippen LogP contribution in [0.15, 0.2) is 0 Å². The minimum atomic E-state index is -1.39. The summed E-state index contributed by atoms with van der Waals surface area (Å²) >= 11 is 0. The van der Waals surface area contributed by atoms with Gasteiger partial charge in [0.1, 0.15) is 5.60 Å². The van der Waals surface area contributed by atoms with Crippen LogP contribution in [0.5, 0.6) is 0 Å². The van der Waals surface area contributed by atoms with E-state index in [0.29, 0.717) is 10.2 Å². The smallest absolute Gasteiger partial charge is 0.112 e. The number of aliphatic hydroxyl groups excluding tert-OH is 1. The third-order valence-electron chi connectivity index (χ3n) is 2.05. The Morgan fingerprint density at radius 2 is 1.60 bits per heavy atom. The maximum atomic E-state index is 9.46. The lowest BCUT2D eigenvalue weighted by molar-refractivity contribution is -0.141. The van der Waals surface area contributed by atoms with Gasteiger partial charge in [0, 0.05) is 10.2 Å². The summed E-state index contributed by atoms with van der Waals surface area (Å²) in [5.41, 5.74) is -1.39. The molecule has 3 unspecified atom stereocenters. The third-order valence-corrected chi connectivity index (χ3v) is 3.06. The van der Waals surface area contributed by atoms with Crippen LogP contribution in [0.3, 0.4) is 0 Å². The van der Waals surface area contributed by atoms with Gasteiger partial charge in [0.15, 0.2) is 0 Å². The monoisotopic (exact) mass is 164 g/mol. The summed E-state index contributed by atoms with van der Waals surface area (Å²) in [6.45, 7) is 4.42. The van der Waals surface area contributed by atoms with Gasteiger partial charge in [-0.1, -0.05) is 0 Å². The second kappa shape index (κ2) is 2.62. The Labute approximate surface area is 64.1 Å². The SMILES string of the molecule is CC(O)C(C)(O)C(C)(O)[SiH3]. The van der Waals surface area contributed by atoms with Crippen molar-refractivity contribution in [1.82, 2.24) is 0 Å². The Kier molecular flexibility index (Phi) is 2.64. The Bertz CT molecular complexity index is 115. The number of rotatable bonds is 2. The highest BCUT2D eigenvalue weighted by molar-refractivity contribution is 6.14. The van der Waals surface area contributed by atoms with E-state index >= 15 is 0 Å². The Morgan fingerprint density at radius 3 is 1.60 bits per heavy atom. The van der Waals surface area contributed by atoms with Gasteiger partial charge in [0.25, 0.3) is 0 Å². The largest absolute Gasteiger partial charge is 0.392 e. The van der Waals surface area contributed by atoms with E-state index in [2.05, 4.69) is 0 Å². The first-order valence-electron chi connectivity index (χ1n) is 3.32. The highest BCUT2D eigenvalue weighted by atomic mass is 28.1. The standard InChI is InChI=1S/C6H16O3Si/c1-4(7)5(2,8)6(3,9)10/h4,7-9H,1-3,10H3. The van der Waals surface area contributed by atoms with E-state index < -0.39 is 16.9 Å². The van der Waals surface area contributed by atoms with E-state index in [9.17, 15) is 10.2 Å². The van der Waals surface area contributed by atoms with Crippen molar-refractivity contribution >= 4 is 10.2 Å². The van der Waals surface area contributed by atoms with Crippen molar-refractivity contribution in [3.63, 3.8) is 0 Å². The topological polar surface area (TPSA) is 60.7 Å². The highest BCUT2D eigenvalue weighted by Crippen LogP contribution is 2.21. The zero-order valence-electron chi connectivity index (χ0n) is 6.92. The summed E-state index contributed by atoms with van der Waals surface area (Å²) in [7, 11) is 0.430. The number of hydrogen-bond acceptors (Lipinski definition) is 3. The number of aliphatic hydroxyl groups is 3. The quantitative estimate of drug-likeness (QED) is 0.422. The molecule has 0 aromatic carbocycles. The highest BCUT2D eigenvalue weighted by Gasteiger charge is 2.41.